The first-order valence-electron chi connectivity index (χ1n) is 7.92. The zero-order valence-corrected chi connectivity index (χ0v) is 15.4. The van der Waals surface area contributed by atoms with Crippen molar-refractivity contribution in [3.8, 4) is 5.75 Å². The smallest absolute Gasteiger partial charge is 0.118 e. The van der Waals surface area contributed by atoms with Crippen LogP contribution in [0, 0.1) is 0 Å². The molecule has 1 aliphatic heterocycles. The third-order valence-electron chi connectivity index (χ3n) is 4.52. The minimum absolute atomic E-state index is 0.277. The van der Waals surface area contributed by atoms with Gasteiger partial charge in [-0.05, 0) is 42.6 Å². The van der Waals surface area contributed by atoms with E-state index in [4.69, 9.17) is 4.74 Å². The zero-order valence-electron chi connectivity index (χ0n) is 13.3. The van der Waals surface area contributed by atoms with Gasteiger partial charge in [0.2, 0.25) is 0 Å². The van der Waals surface area contributed by atoms with Gasteiger partial charge in [-0.2, -0.15) is 0 Å². The molecule has 1 N–H and O–H groups in total. The van der Waals surface area contributed by atoms with E-state index in [-0.39, 0.29) is 4.05 Å². The van der Waals surface area contributed by atoms with Crippen molar-refractivity contribution < 1.29 is 9.84 Å². The third-order valence-corrected chi connectivity index (χ3v) is 6.03. The fourth-order valence-corrected chi connectivity index (χ4v) is 4.11. The van der Waals surface area contributed by atoms with Crippen molar-refractivity contribution >= 4 is 22.6 Å². The molecule has 0 radical (unpaired) electrons. The SMILES string of the molecule is COc1ccc(C2(O)CCCN(C(I)c3ccccc3)C2)cc1. The van der Waals surface area contributed by atoms with E-state index in [1.54, 1.807) is 7.11 Å². The maximum Gasteiger partial charge on any atom is 0.118 e. The van der Waals surface area contributed by atoms with Gasteiger partial charge in [0.25, 0.3) is 0 Å². The second-order valence-electron chi connectivity index (χ2n) is 6.08. The number of likely N-dealkylation sites (tertiary alicyclic amines) is 1. The number of benzene rings is 2. The van der Waals surface area contributed by atoms with Crippen LogP contribution in [0.15, 0.2) is 54.6 Å². The van der Waals surface area contributed by atoms with Crippen LogP contribution >= 0.6 is 22.6 Å². The van der Waals surface area contributed by atoms with Crippen molar-refractivity contribution in [1.82, 2.24) is 4.90 Å². The third kappa shape index (κ3) is 3.70. The predicted octanol–water partition coefficient (Wildman–Crippen LogP) is 4.11. The number of halogens is 1. The van der Waals surface area contributed by atoms with Gasteiger partial charge in [0, 0.05) is 6.54 Å². The first-order valence-corrected chi connectivity index (χ1v) is 9.17. The minimum atomic E-state index is -0.789. The quantitative estimate of drug-likeness (QED) is 0.457. The Balaban J connectivity index is 1.78. The number of ether oxygens (including phenoxy) is 1. The number of β-amino-alcohol motifs (C(OH)–C–C–N with tert-alkyl or cyclic N) is 1. The number of alkyl halides is 1. The number of nitrogens with zero attached hydrogens (tertiary/aromatic N) is 1. The van der Waals surface area contributed by atoms with E-state index < -0.39 is 5.60 Å². The maximum atomic E-state index is 11.2. The lowest BCUT2D eigenvalue weighted by atomic mass is 9.85. The number of piperidine rings is 1. The van der Waals surface area contributed by atoms with Crippen LogP contribution in [0.3, 0.4) is 0 Å². The fraction of sp³-hybridized carbons (Fsp3) is 0.368. The Morgan fingerprint density at radius 3 is 2.48 bits per heavy atom. The summed E-state index contributed by atoms with van der Waals surface area (Å²) in [5.74, 6) is 0.820. The standard InChI is InChI=1S/C19H22INO2/c1-23-17-10-8-16(9-11-17)19(22)12-5-13-21(14-19)18(20)15-6-3-2-4-7-15/h2-4,6-11,18,22H,5,12-14H2,1H3. The number of hydrogen-bond acceptors (Lipinski definition) is 3. The summed E-state index contributed by atoms with van der Waals surface area (Å²) < 4.78 is 5.49. The Labute approximate surface area is 151 Å². The topological polar surface area (TPSA) is 32.7 Å². The molecule has 2 aromatic rings. The van der Waals surface area contributed by atoms with Crippen molar-refractivity contribution in [2.75, 3.05) is 20.2 Å². The van der Waals surface area contributed by atoms with Gasteiger partial charge in [-0.15, -0.1) is 0 Å². The van der Waals surface area contributed by atoms with Crippen LogP contribution in [0.2, 0.25) is 0 Å². The molecule has 2 aromatic carbocycles. The Kier molecular flexibility index (Phi) is 5.24. The van der Waals surface area contributed by atoms with Gasteiger partial charge >= 0.3 is 0 Å². The highest BCUT2D eigenvalue weighted by atomic mass is 127. The summed E-state index contributed by atoms with van der Waals surface area (Å²) in [5.41, 5.74) is 1.47. The van der Waals surface area contributed by atoms with E-state index in [9.17, 15) is 5.11 Å². The molecule has 3 rings (SSSR count). The Morgan fingerprint density at radius 1 is 1.13 bits per heavy atom. The van der Waals surface area contributed by atoms with Crippen LogP contribution in [0.5, 0.6) is 5.75 Å². The van der Waals surface area contributed by atoms with Gasteiger partial charge in [-0.1, -0.05) is 65.1 Å². The average Bonchev–Trinajstić information content (AvgIpc) is 2.62. The molecule has 23 heavy (non-hydrogen) atoms. The Hall–Kier alpha value is -1.11. The summed E-state index contributed by atoms with van der Waals surface area (Å²) >= 11 is 2.47. The second kappa shape index (κ2) is 7.20. The summed E-state index contributed by atoms with van der Waals surface area (Å²) in [6.45, 7) is 1.67. The molecule has 2 atom stereocenters. The van der Waals surface area contributed by atoms with E-state index >= 15 is 0 Å². The molecule has 1 fully saturated rings. The first-order chi connectivity index (χ1) is 11.1. The summed E-state index contributed by atoms with van der Waals surface area (Å²) in [4.78, 5) is 2.36. The summed E-state index contributed by atoms with van der Waals surface area (Å²) in [6.07, 6.45) is 1.79. The molecule has 0 aliphatic carbocycles. The molecular formula is C19H22INO2. The first kappa shape index (κ1) is 16.7. The highest BCUT2D eigenvalue weighted by Crippen LogP contribution is 2.38. The van der Waals surface area contributed by atoms with Gasteiger partial charge in [-0.25, -0.2) is 0 Å². The van der Waals surface area contributed by atoms with Crippen LogP contribution < -0.4 is 4.74 Å². The van der Waals surface area contributed by atoms with Crippen LogP contribution in [0.1, 0.15) is 28.0 Å². The van der Waals surface area contributed by atoms with Crippen LogP contribution in [-0.2, 0) is 5.60 Å². The van der Waals surface area contributed by atoms with Crippen molar-refractivity contribution in [3.05, 3.63) is 65.7 Å². The van der Waals surface area contributed by atoms with E-state index in [0.717, 1.165) is 30.7 Å². The molecule has 4 heteroatoms. The predicted molar refractivity (Wildman–Crippen MR) is 101 cm³/mol. The molecule has 0 bridgehead atoms. The molecule has 1 heterocycles. The molecule has 0 spiro atoms. The monoisotopic (exact) mass is 423 g/mol. The highest BCUT2D eigenvalue weighted by molar-refractivity contribution is 14.1. The number of hydrogen-bond donors (Lipinski definition) is 1. The van der Waals surface area contributed by atoms with Gasteiger partial charge < -0.3 is 9.84 Å². The summed E-state index contributed by atoms with van der Waals surface area (Å²) in [6, 6.07) is 18.3. The van der Waals surface area contributed by atoms with Crippen molar-refractivity contribution in [3.63, 3.8) is 0 Å². The second-order valence-corrected chi connectivity index (χ2v) is 7.26. The highest BCUT2D eigenvalue weighted by Gasteiger charge is 2.37. The molecular weight excluding hydrogens is 401 g/mol. The molecule has 1 saturated heterocycles. The Bertz CT molecular complexity index is 632. The van der Waals surface area contributed by atoms with Gasteiger partial charge in [-0.3, -0.25) is 4.90 Å². The van der Waals surface area contributed by atoms with Crippen molar-refractivity contribution in [1.29, 1.82) is 0 Å². The van der Waals surface area contributed by atoms with E-state index in [1.165, 1.54) is 5.56 Å². The summed E-state index contributed by atoms with van der Waals surface area (Å²) in [5, 5.41) is 11.2. The van der Waals surface area contributed by atoms with Gasteiger partial charge in [0.15, 0.2) is 0 Å². The van der Waals surface area contributed by atoms with E-state index in [0.29, 0.717) is 6.54 Å². The van der Waals surface area contributed by atoms with Gasteiger partial charge in [0.1, 0.15) is 11.4 Å². The molecule has 0 amide bonds. The van der Waals surface area contributed by atoms with Crippen LogP contribution in [-0.4, -0.2) is 30.2 Å². The van der Waals surface area contributed by atoms with Crippen molar-refractivity contribution in [2.24, 2.45) is 0 Å². The lowest BCUT2D eigenvalue weighted by molar-refractivity contribution is -0.0376. The Morgan fingerprint density at radius 2 is 1.83 bits per heavy atom. The molecule has 0 saturated carbocycles. The van der Waals surface area contributed by atoms with E-state index in [1.807, 2.05) is 30.3 Å². The van der Waals surface area contributed by atoms with Crippen LogP contribution in [0.25, 0.3) is 0 Å². The molecule has 1 aliphatic rings. The maximum absolute atomic E-state index is 11.2. The minimum Gasteiger partial charge on any atom is -0.497 e. The normalized spacial score (nSPS) is 23.4. The lowest BCUT2D eigenvalue weighted by Gasteiger charge is -2.41. The van der Waals surface area contributed by atoms with Gasteiger partial charge in [0.05, 0.1) is 11.2 Å². The average molecular weight is 423 g/mol. The largest absolute Gasteiger partial charge is 0.497 e. The number of aliphatic hydroxyl groups is 1. The van der Waals surface area contributed by atoms with Crippen molar-refractivity contribution in [2.45, 2.75) is 22.5 Å². The molecule has 3 nitrogen and oxygen atoms in total. The zero-order chi connectivity index (χ0) is 16.3. The molecule has 122 valence electrons. The summed E-state index contributed by atoms with van der Waals surface area (Å²) in [7, 11) is 1.66. The van der Waals surface area contributed by atoms with E-state index in [2.05, 4.69) is 51.8 Å². The van der Waals surface area contributed by atoms with Crippen LogP contribution in [0.4, 0.5) is 0 Å². The lowest BCUT2D eigenvalue weighted by Crippen LogP contribution is -2.46. The molecule has 2 unspecified atom stereocenters. The molecule has 0 aromatic heterocycles. The fourth-order valence-electron chi connectivity index (χ4n) is 3.22. The number of methoxy groups -OCH3 is 1. The number of rotatable bonds is 4.